The van der Waals surface area contributed by atoms with E-state index in [1.54, 1.807) is 9.14 Å². The van der Waals surface area contributed by atoms with Crippen LogP contribution >= 0.6 is 19.8 Å². The van der Waals surface area contributed by atoms with Crippen LogP contribution in [0.3, 0.4) is 0 Å². The summed E-state index contributed by atoms with van der Waals surface area (Å²) in [5.74, 6) is 0. The molecule has 1 heterocycles. The molecule has 0 aliphatic heterocycles. The molecule has 1 atom stereocenters. The third-order valence-corrected chi connectivity index (χ3v) is 25.3. The van der Waals surface area contributed by atoms with Gasteiger partial charge in [-0.2, -0.15) is 0 Å². The minimum absolute atomic E-state index is 0.112. The number of allylic oxidation sites excluding steroid dienone is 4. The molecule has 0 spiro atoms. The Balaban J connectivity index is 0.793. The zero-order chi connectivity index (χ0) is 53.1. The quantitative estimate of drug-likeness (QED) is 0.119. The third-order valence-electron chi connectivity index (χ3n) is 18.8. The number of rotatable bonds is 6. The fraction of sp³-hybridized carbons (Fsp3) is 0.143. The number of furan rings is 1. The Morgan fingerprint density at radius 3 is 1.43 bits per heavy atom. The molecule has 0 saturated carbocycles. The van der Waals surface area contributed by atoms with Crippen molar-refractivity contribution >= 4 is 68.9 Å². The van der Waals surface area contributed by atoms with E-state index in [1.807, 2.05) is 0 Å². The van der Waals surface area contributed by atoms with E-state index < -0.39 is 19.8 Å². The summed E-state index contributed by atoms with van der Waals surface area (Å²) in [6.45, 7) is 14.8. The van der Waals surface area contributed by atoms with Gasteiger partial charge >= 0.3 is 449 Å². The first kappa shape index (κ1) is 47.0. The Morgan fingerprint density at radius 1 is 0.367 bits per heavy atom. The summed E-state index contributed by atoms with van der Waals surface area (Å²) in [7, 11) is 0. The molecule has 2 heteroatoms. The van der Waals surface area contributed by atoms with Crippen molar-refractivity contribution in [1.29, 1.82) is 0 Å². The molecule has 1 unspecified atom stereocenters. The van der Waals surface area contributed by atoms with Gasteiger partial charge in [0.15, 0.2) is 0 Å². The number of hydrogen-bond acceptors (Lipinski definition) is 1. The van der Waals surface area contributed by atoms with E-state index in [-0.39, 0.29) is 16.2 Å². The molecular formula is C77H59IO. The Bertz CT molecular complexity index is 4680. The van der Waals surface area contributed by atoms with Gasteiger partial charge in [0.2, 0.25) is 0 Å². The molecule has 11 aromatic carbocycles. The first-order valence-corrected chi connectivity index (χ1v) is 31.5. The van der Waals surface area contributed by atoms with Gasteiger partial charge in [-0.25, -0.2) is 0 Å². The van der Waals surface area contributed by atoms with E-state index in [0.717, 1.165) is 33.9 Å². The van der Waals surface area contributed by atoms with Crippen LogP contribution in [0.2, 0.25) is 0 Å². The Morgan fingerprint density at radius 2 is 0.823 bits per heavy atom. The summed E-state index contributed by atoms with van der Waals surface area (Å²) < 4.78 is 10.1. The zero-order valence-corrected chi connectivity index (χ0v) is 47.7. The van der Waals surface area contributed by atoms with Crippen LogP contribution in [0.5, 0.6) is 0 Å². The van der Waals surface area contributed by atoms with Gasteiger partial charge in [-0.05, 0) is 0 Å². The van der Waals surface area contributed by atoms with Crippen LogP contribution in [0, 0.1) is 7.14 Å². The summed E-state index contributed by atoms with van der Waals surface area (Å²) in [5, 5.41) is 7.44. The van der Waals surface area contributed by atoms with Crippen molar-refractivity contribution in [2.24, 2.45) is 0 Å². The van der Waals surface area contributed by atoms with Gasteiger partial charge in [-0.3, -0.25) is 0 Å². The van der Waals surface area contributed by atoms with Gasteiger partial charge in [-0.15, -0.1) is 0 Å². The maximum atomic E-state index is 6.60. The van der Waals surface area contributed by atoms with Gasteiger partial charge in [-0.1, -0.05) is 24.3 Å². The second-order valence-electron chi connectivity index (χ2n) is 24.2. The number of fused-ring (bicyclic) bond motifs is 13. The first-order chi connectivity index (χ1) is 38.4. The fourth-order valence-electron chi connectivity index (χ4n) is 14.5. The summed E-state index contributed by atoms with van der Waals surface area (Å²) in [5.41, 5.74) is 25.8. The van der Waals surface area contributed by atoms with Gasteiger partial charge < -0.3 is 0 Å². The van der Waals surface area contributed by atoms with E-state index in [9.17, 15) is 0 Å². The normalized spacial score (nSPS) is 17.0. The predicted molar refractivity (Wildman–Crippen MR) is 342 cm³/mol. The summed E-state index contributed by atoms with van der Waals surface area (Å²) >= 11 is -2.29. The van der Waals surface area contributed by atoms with Crippen molar-refractivity contribution in [3.63, 3.8) is 0 Å². The Kier molecular flexibility index (Phi) is 10.1. The second-order valence-corrected chi connectivity index (χ2v) is 30.1. The standard InChI is InChI=1S/C77H59IO/c1-75(2)67-40-52(50-24-22-46-14-7-9-16-48(46)38-50)26-32-59(67)62-35-29-55(43-70(62)75)78(56-30-36-63-60-33-27-53(41-68(60)76(3,4)71(63)44-56)51-25-23-47-15-8-10-17-49(47)39-51)57-31-37-64-61-34-28-54(42-69(61)77(5,6)72(64)45-57)58-19-13-20-66-65-18-11-12-21-73(65)79-74(58)66/h7-43,45,56H,44H2,1-6H3. The molecule has 380 valence electrons. The van der Waals surface area contributed by atoms with Crippen LogP contribution in [0.1, 0.15) is 81.3 Å². The van der Waals surface area contributed by atoms with Crippen LogP contribution in [0.4, 0.5) is 0 Å². The molecule has 0 saturated heterocycles. The van der Waals surface area contributed by atoms with E-state index in [2.05, 4.69) is 272 Å². The topological polar surface area (TPSA) is 13.1 Å². The molecule has 0 radical (unpaired) electrons. The minimum atomic E-state index is -2.29. The fourth-order valence-corrected chi connectivity index (χ4v) is 21.0. The molecule has 12 aromatic rings. The predicted octanol–water partition coefficient (Wildman–Crippen LogP) is 21.1. The Labute approximate surface area is 470 Å². The molecule has 0 amide bonds. The van der Waals surface area contributed by atoms with Crippen molar-refractivity contribution in [2.75, 3.05) is 0 Å². The van der Waals surface area contributed by atoms with Crippen molar-refractivity contribution in [3.8, 4) is 55.6 Å². The first-order valence-electron chi connectivity index (χ1n) is 28.1. The summed E-state index contributed by atoms with van der Waals surface area (Å²) in [4.78, 5) is 0. The third kappa shape index (κ3) is 6.99. The molecular weight excluding hydrogens is 1070 g/mol. The van der Waals surface area contributed by atoms with Crippen LogP contribution < -0.4 is 0 Å². The monoisotopic (exact) mass is 1130 g/mol. The maximum absolute atomic E-state index is 6.60. The number of para-hydroxylation sites is 2. The van der Waals surface area contributed by atoms with Gasteiger partial charge in [0.05, 0.1) is 0 Å². The average molecular weight is 1130 g/mol. The number of benzene rings is 11. The number of alkyl halides is 1. The van der Waals surface area contributed by atoms with Crippen LogP contribution in [-0.2, 0) is 16.2 Å². The molecule has 0 bridgehead atoms. The van der Waals surface area contributed by atoms with E-state index in [0.29, 0.717) is 3.92 Å². The van der Waals surface area contributed by atoms with Crippen molar-refractivity contribution in [1.82, 2.24) is 0 Å². The summed E-state index contributed by atoms with van der Waals surface area (Å²) in [6, 6.07) is 83.3. The Hall–Kier alpha value is -8.05. The van der Waals surface area contributed by atoms with Crippen molar-refractivity contribution in [3.05, 3.63) is 277 Å². The van der Waals surface area contributed by atoms with Crippen molar-refractivity contribution in [2.45, 2.75) is 68.1 Å². The molecule has 1 nitrogen and oxygen atoms in total. The zero-order valence-electron chi connectivity index (χ0n) is 45.5. The molecule has 16 rings (SSSR count). The molecule has 1 aromatic heterocycles. The SMILES string of the molecule is CC1(C)C2=C(C=CC(I(c3ccc4c(c3)C(C)(C)c3cc(-c5ccc6ccccc6c5)ccc3-4)c3ccc4c(c3)C(C)(C)c3cc(-c5cccc6c5oc5ccccc56)ccc3-4)C2)c2ccc(-c3ccc4ccccc4c3)cc21. The average Bonchev–Trinajstić information content (AvgIpc) is 3.98. The molecule has 0 fully saturated rings. The van der Waals surface area contributed by atoms with E-state index in [4.69, 9.17) is 4.42 Å². The number of halogens is 1. The van der Waals surface area contributed by atoms with Crippen LogP contribution in [0.25, 0.3) is 105 Å². The molecule has 4 aliphatic rings. The summed E-state index contributed by atoms with van der Waals surface area (Å²) in [6.07, 6.45) is 6.24. The van der Waals surface area contributed by atoms with E-state index >= 15 is 0 Å². The van der Waals surface area contributed by atoms with Crippen LogP contribution in [0.15, 0.2) is 241 Å². The van der Waals surface area contributed by atoms with Gasteiger partial charge in [0, 0.05) is 0 Å². The molecule has 0 N–H and O–H groups in total. The molecule has 79 heavy (non-hydrogen) atoms. The second kappa shape index (κ2) is 17.0. The van der Waals surface area contributed by atoms with Crippen molar-refractivity contribution < 1.29 is 4.42 Å². The van der Waals surface area contributed by atoms with Crippen LogP contribution in [-0.4, -0.2) is 3.92 Å². The van der Waals surface area contributed by atoms with E-state index in [1.165, 1.54) is 114 Å². The number of hydrogen-bond donors (Lipinski definition) is 0. The molecule has 4 aliphatic carbocycles. The van der Waals surface area contributed by atoms with Gasteiger partial charge in [0.25, 0.3) is 0 Å². The van der Waals surface area contributed by atoms with Gasteiger partial charge in [0.1, 0.15) is 0 Å².